The lowest BCUT2D eigenvalue weighted by molar-refractivity contribution is -0.600. The molecule has 0 radical (unpaired) electrons. The maximum Gasteiger partial charge on any atom is 0.268 e. The second-order valence-corrected chi connectivity index (χ2v) is 16.8. The molecule has 4 rings (SSSR count). The molecule has 2 aromatic carbocycles. The van der Waals surface area contributed by atoms with Gasteiger partial charge >= 0.3 is 0 Å². The number of benzene rings is 2. The number of hydrogen-bond acceptors (Lipinski definition) is 0. The maximum atomic E-state index is 3.94. The van der Waals surface area contributed by atoms with E-state index in [4.69, 9.17) is 0 Å². The first kappa shape index (κ1) is 27.4. The molecule has 196 valence electrons. The number of imidazole rings is 1. The Morgan fingerprint density at radius 1 is 0.757 bits per heavy atom. The highest BCUT2D eigenvalue weighted by Gasteiger charge is 2.34. The normalized spacial score (nSPS) is 14.1. The zero-order valence-corrected chi connectivity index (χ0v) is 25.7. The number of allylic oxidation sites excluding steroid dienone is 4. The quantitative estimate of drug-likeness (QED) is 0.163. The molecule has 2 nitrogen and oxygen atoms in total. The molecule has 0 bridgehead atoms. The van der Waals surface area contributed by atoms with Gasteiger partial charge in [-0.1, -0.05) is 128 Å². The second kappa shape index (κ2) is 10.6. The minimum absolute atomic E-state index is 0.426. The molecule has 0 N–H and O–H groups in total. The minimum Gasteiger partial charge on any atom is -0.298 e. The van der Waals surface area contributed by atoms with E-state index in [0.29, 0.717) is 23.7 Å². The summed E-state index contributed by atoms with van der Waals surface area (Å²) >= 11 is 0. The predicted octanol–water partition coefficient (Wildman–Crippen LogP) is 8.39. The number of hydrogen-bond donors (Lipinski definition) is 0. The molecule has 1 aliphatic rings. The van der Waals surface area contributed by atoms with Crippen LogP contribution in [0.2, 0.25) is 13.1 Å². The molecule has 37 heavy (non-hydrogen) atoms. The average molecular weight is 511 g/mol. The Bertz CT molecular complexity index is 1280. The molecule has 0 spiro atoms. The van der Waals surface area contributed by atoms with Gasteiger partial charge in [0.25, 0.3) is 6.33 Å². The molecule has 0 amide bonds. The monoisotopic (exact) mass is 510 g/mol. The molecule has 0 unspecified atom stereocenters. The Balaban J connectivity index is 2.12. The van der Waals surface area contributed by atoms with Crippen LogP contribution in [0.25, 0.3) is 11.4 Å². The first-order chi connectivity index (χ1) is 17.4. The van der Waals surface area contributed by atoms with E-state index in [1.165, 1.54) is 44.1 Å². The van der Waals surface area contributed by atoms with Gasteiger partial charge in [0.15, 0.2) is 0 Å². The highest BCUT2D eigenvalue weighted by Crippen LogP contribution is 2.33. The van der Waals surface area contributed by atoms with E-state index in [1.807, 2.05) is 0 Å². The SMILES string of the molecule is CC(C)c1cccc(C(C)C)c1-n1[c-][n+](-c2c(C(C)C)cccc2C(C)C)cc1[Si](C)(C)C1=CCC=C1. The van der Waals surface area contributed by atoms with Gasteiger partial charge in [-0.25, -0.2) is 0 Å². The van der Waals surface area contributed by atoms with Crippen molar-refractivity contribution in [1.82, 2.24) is 4.57 Å². The van der Waals surface area contributed by atoms with Crippen molar-refractivity contribution in [2.75, 3.05) is 0 Å². The van der Waals surface area contributed by atoms with Crippen LogP contribution < -0.4 is 9.88 Å². The summed E-state index contributed by atoms with van der Waals surface area (Å²) in [5, 5.41) is 2.93. The Hall–Kier alpha value is -2.65. The third-order valence-electron chi connectivity index (χ3n) is 7.98. The van der Waals surface area contributed by atoms with Crippen molar-refractivity contribution in [3.05, 3.63) is 94.6 Å². The van der Waals surface area contributed by atoms with Crippen LogP contribution in [0.1, 0.15) is 108 Å². The highest BCUT2D eigenvalue weighted by atomic mass is 28.3. The lowest BCUT2D eigenvalue weighted by Gasteiger charge is -2.28. The number of rotatable bonds is 8. The largest absolute Gasteiger partial charge is 0.298 e. The fraction of sp³-hybridized carbons (Fsp3) is 0.441. The van der Waals surface area contributed by atoms with Gasteiger partial charge in [-0.15, -0.1) is 0 Å². The van der Waals surface area contributed by atoms with Gasteiger partial charge in [0.05, 0.1) is 11.4 Å². The summed E-state index contributed by atoms with van der Waals surface area (Å²) in [6, 6.07) is 13.7. The fourth-order valence-electron chi connectivity index (χ4n) is 5.73. The lowest BCUT2D eigenvalue weighted by atomic mass is 9.92. The van der Waals surface area contributed by atoms with Crippen LogP contribution in [-0.4, -0.2) is 12.6 Å². The van der Waals surface area contributed by atoms with E-state index < -0.39 is 8.07 Å². The topological polar surface area (TPSA) is 8.81 Å². The average Bonchev–Trinajstić information content (AvgIpc) is 3.54. The molecule has 1 aromatic heterocycles. The fourth-order valence-corrected chi connectivity index (χ4v) is 8.36. The highest BCUT2D eigenvalue weighted by molar-refractivity contribution is 6.95. The summed E-state index contributed by atoms with van der Waals surface area (Å²) in [6.07, 6.45) is 14.5. The van der Waals surface area contributed by atoms with Gasteiger partial charge < -0.3 is 0 Å². The Kier molecular flexibility index (Phi) is 7.85. The Morgan fingerprint density at radius 2 is 1.24 bits per heavy atom. The third kappa shape index (κ3) is 5.08. The predicted molar refractivity (Wildman–Crippen MR) is 161 cm³/mol. The summed E-state index contributed by atoms with van der Waals surface area (Å²) in [4.78, 5) is 0. The van der Waals surface area contributed by atoms with Gasteiger partial charge in [0, 0.05) is 11.5 Å². The Labute approximate surface area is 226 Å². The van der Waals surface area contributed by atoms with Crippen molar-refractivity contribution in [2.24, 2.45) is 0 Å². The lowest BCUT2D eigenvalue weighted by Crippen LogP contribution is -2.48. The molecule has 1 heterocycles. The van der Waals surface area contributed by atoms with Gasteiger partial charge in [-0.2, -0.15) is 0 Å². The standard InChI is InChI=1S/C34H46N2Si/c1-23(2)28-17-13-18-29(24(3)4)33(28)35-21-32(37(9,10)27-15-11-12-16-27)36(22-35)34-30(25(5)6)19-14-20-31(34)26(7)8/h11,13-21,23-26H,12H2,1-10H3. The molecule has 0 saturated carbocycles. The molecular weight excluding hydrogens is 464 g/mol. The molecule has 0 fully saturated rings. The summed E-state index contributed by atoms with van der Waals surface area (Å²) in [5.74, 6) is 1.72. The van der Waals surface area contributed by atoms with Crippen LogP contribution in [-0.2, 0) is 0 Å². The van der Waals surface area contributed by atoms with Crippen LogP contribution in [0, 0.1) is 6.33 Å². The minimum atomic E-state index is -2.01. The van der Waals surface area contributed by atoms with Crippen LogP contribution in [0.15, 0.2) is 66.0 Å². The van der Waals surface area contributed by atoms with Crippen molar-refractivity contribution in [2.45, 2.75) is 98.6 Å². The van der Waals surface area contributed by atoms with Crippen molar-refractivity contribution in [1.29, 1.82) is 0 Å². The molecule has 1 aliphatic carbocycles. The number of aromatic nitrogens is 2. The number of nitrogens with zero attached hydrogens (tertiary/aromatic N) is 2. The van der Waals surface area contributed by atoms with E-state index in [-0.39, 0.29) is 0 Å². The van der Waals surface area contributed by atoms with Crippen molar-refractivity contribution >= 4 is 13.4 Å². The van der Waals surface area contributed by atoms with E-state index in [1.54, 1.807) is 0 Å². The smallest absolute Gasteiger partial charge is 0.268 e. The summed E-state index contributed by atoms with van der Waals surface area (Å²) < 4.78 is 4.81. The number of para-hydroxylation sites is 2. The summed E-state index contributed by atoms with van der Waals surface area (Å²) in [7, 11) is -2.01. The van der Waals surface area contributed by atoms with E-state index >= 15 is 0 Å². The molecule has 0 aliphatic heterocycles. The van der Waals surface area contributed by atoms with Gasteiger partial charge in [-0.3, -0.25) is 9.13 Å². The third-order valence-corrected chi connectivity index (χ3v) is 11.4. The van der Waals surface area contributed by atoms with Crippen LogP contribution >= 0.6 is 0 Å². The van der Waals surface area contributed by atoms with E-state index in [0.717, 1.165) is 6.42 Å². The molecule has 3 aromatic rings. The Morgan fingerprint density at radius 3 is 1.68 bits per heavy atom. The van der Waals surface area contributed by atoms with Crippen molar-refractivity contribution in [3.63, 3.8) is 0 Å². The van der Waals surface area contributed by atoms with Crippen LogP contribution in [0.3, 0.4) is 0 Å². The first-order valence-electron chi connectivity index (χ1n) is 14.2. The summed E-state index contributed by atoms with van der Waals surface area (Å²) in [6.45, 7) is 23.5. The van der Waals surface area contributed by atoms with Gasteiger partial charge in [0.2, 0.25) is 0 Å². The van der Waals surface area contributed by atoms with Gasteiger partial charge in [0.1, 0.15) is 8.07 Å². The maximum absolute atomic E-state index is 3.94. The van der Waals surface area contributed by atoms with Gasteiger partial charge in [-0.05, 0) is 52.3 Å². The molecule has 0 saturated heterocycles. The van der Waals surface area contributed by atoms with Crippen LogP contribution in [0.4, 0.5) is 0 Å². The summed E-state index contributed by atoms with van der Waals surface area (Å²) in [5.41, 5.74) is 8.20. The molecule has 3 heteroatoms. The second-order valence-electron chi connectivity index (χ2n) is 12.4. The van der Waals surface area contributed by atoms with E-state index in [2.05, 4.69) is 145 Å². The molecule has 0 atom stereocenters. The van der Waals surface area contributed by atoms with Crippen molar-refractivity contribution < 1.29 is 4.57 Å². The van der Waals surface area contributed by atoms with E-state index in [9.17, 15) is 0 Å². The zero-order valence-electron chi connectivity index (χ0n) is 24.7. The first-order valence-corrected chi connectivity index (χ1v) is 17.2. The molecular formula is C34H46N2Si. The van der Waals surface area contributed by atoms with Crippen LogP contribution in [0.5, 0.6) is 0 Å². The van der Waals surface area contributed by atoms with Crippen molar-refractivity contribution in [3.8, 4) is 11.4 Å². The zero-order chi connectivity index (χ0) is 27.1.